The van der Waals surface area contributed by atoms with Crippen LogP contribution in [-0.4, -0.2) is 11.7 Å². The van der Waals surface area contributed by atoms with Crippen molar-refractivity contribution in [3.05, 3.63) is 18.0 Å². The van der Waals surface area contributed by atoms with E-state index in [2.05, 4.69) is 5.16 Å². The predicted molar refractivity (Wildman–Crippen MR) is 38.6 cm³/mol. The first-order chi connectivity index (χ1) is 4.67. The van der Waals surface area contributed by atoms with Gasteiger partial charge in [0.1, 0.15) is 6.26 Å². The van der Waals surface area contributed by atoms with Crippen LogP contribution in [0.1, 0.15) is 19.5 Å². The SMILES string of the molecule is CC(C)(CN)c1ccon1. The van der Waals surface area contributed by atoms with E-state index in [1.807, 2.05) is 19.9 Å². The second-order valence-electron chi connectivity index (χ2n) is 2.97. The van der Waals surface area contributed by atoms with Crippen molar-refractivity contribution >= 4 is 0 Å². The minimum atomic E-state index is -0.0625. The van der Waals surface area contributed by atoms with Crippen molar-refractivity contribution in [3.63, 3.8) is 0 Å². The lowest BCUT2D eigenvalue weighted by Gasteiger charge is -2.17. The molecular formula is C7H12N2O. The molecule has 0 spiro atoms. The second kappa shape index (κ2) is 2.42. The Hall–Kier alpha value is -0.830. The van der Waals surface area contributed by atoms with Crippen molar-refractivity contribution in [3.8, 4) is 0 Å². The highest BCUT2D eigenvalue weighted by Crippen LogP contribution is 2.18. The molecule has 1 aromatic rings. The average Bonchev–Trinajstić information content (AvgIpc) is 2.38. The van der Waals surface area contributed by atoms with Crippen LogP contribution in [0.25, 0.3) is 0 Å². The van der Waals surface area contributed by atoms with Crippen molar-refractivity contribution in [1.82, 2.24) is 5.16 Å². The summed E-state index contributed by atoms with van der Waals surface area (Å²) in [6, 6.07) is 1.84. The summed E-state index contributed by atoms with van der Waals surface area (Å²) in [6.45, 7) is 4.65. The topological polar surface area (TPSA) is 52.0 Å². The molecule has 0 aliphatic carbocycles. The zero-order chi connectivity index (χ0) is 7.61. The number of aromatic nitrogens is 1. The van der Waals surface area contributed by atoms with E-state index in [9.17, 15) is 0 Å². The molecule has 1 rings (SSSR count). The van der Waals surface area contributed by atoms with Crippen LogP contribution in [0.2, 0.25) is 0 Å². The van der Waals surface area contributed by atoms with E-state index in [1.54, 1.807) is 6.26 Å². The van der Waals surface area contributed by atoms with E-state index in [4.69, 9.17) is 10.3 Å². The van der Waals surface area contributed by atoms with Gasteiger partial charge in [-0.15, -0.1) is 0 Å². The summed E-state index contributed by atoms with van der Waals surface area (Å²) >= 11 is 0. The highest BCUT2D eigenvalue weighted by atomic mass is 16.5. The zero-order valence-corrected chi connectivity index (χ0v) is 6.29. The second-order valence-corrected chi connectivity index (χ2v) is 2.97. The van der Waals surface area contributed by atoms with E-state index in [-0.39, 0.29) is 5.41 Å². The molecule has 2 N–H and O–H groups in total. The van der Waals surface area contributed by atoms with Gasteiger partial charge in [-0.2, -0.15) is 0 Å². The van der Waals surface area contributed by atoms with E-state index in [0.717, 1.165) is 5.69 Å². The molecule has 0 unspecified atom stereocenters. The van der Waals surface area contributed by atoms with Crippen molar-refractivity contribution in [2.75, 3.05) is 6.54 Å². The maximum atomic E-state index is 5.52. The maximum Gasteiger partial charge on any atom is 0.124 e. The Labute approximate surface area is 60.2 Å². The lowest BCUT2D eigenvalue weighted by molar-refractivity contribution is 0.387. The van der Waals surface area contributed by atoms with Crippen LogP contribution in [0.4, 0.5) is 0 Å². The van der Waals surface area contributed by atoms with Crippen molar-refractivity contribution in [2.45, 2.75) is 19.3 Å². The summed E-state index contributed by atoms with van der Waals surface area (Å²) in [5.41, 5.74) is 6.37. The van der Waals surface area contributed by atoms with Gasteiger partial charge in [0.15, 0.2) is 0 Å². The van der Waals surface area contributed by atoms with Gasteiger partial charge in [-0.3, -0.25) is 0 Å². The number of nitrogens with two attached hydrogens (primary N) is 1. The number of hydrogen-bond acceptors (Lipinski definition) is 3. The summed E-state index contributed by atoms with van der Waals surface area (Å²) in [5.74, 6) is 0. The van der Waals surface area contributed by atoms with Crippen LogP contribution in [0.15, 0.2) is 16.9 Å². The molecule has 0 atom stereocenters. The lowest BCUT2D eigenvalue weighted by Crippen LogP contribution is -2.28. The molecule has 1 heterocycles. The van der Waals surface area contributed by atoms with Gasteiger partial charge in [0.05, 0.1) is 5.69 Å². The molecule has 0 amide bonds. The monoisotopic (exact) mass is 140 g/mol. The quantitative estimate of drug-likeness (QED) is 0.664. The fraction of sp³-hybridized carbons (Fsp3) is 0.571. The molecule has 0 aliphatic heterocycles. The Bertz CT molecular complexity index is 191. The smallest absolute Gasteiger partial charge is 0.124 e. The normalized spacial score (nSPS) is 11.9. The van der Waals surface area contributed by atoms with Gasteiger partial charge in [-0.05, 0) is 0 Å². The van der Waals surface area contributed by atoms with Crippen molar-refractivity contribution in [1.29, 1.82) is 0 Å². The molecule has 0 aliphatic rings. The molecule has 56 valence electrons. The number of rotatable bonds is 2. The molecule has 0 fully saturated rings. The van der Waals surface area contributed by atoms with E-state index >= 15 is 0 Å². The third-order valence-electron chi connectivity index (χ3n) is 1.64. The first-order valence-corrected chi connectivity index (χ1v) is 3.28. The number of hydrogen-bond donors (Lipinski definition) is 1. The Kier molecular flexibility index (Phi) is 1.76. The van der Waals surface area contributed by atoms with Gasteiger partial charge >= 0.3 is 0 Å². The maximum absolute atomic E-state index is 5.52. The average molecular weight is 140 g/mol. The van der Waals surface area contributed by atoms with Gasteiger partial charge in [-0.25, -0.2) is 0 Å². The van der Waals surface area contributed by atoms with Crippen LogP contribution in [0, 0.1) is 0 Å². The molecule has 0 aromatic carbocycles. The molecule has 1 aromatic heterocycles. The van der Waals surface area contributed by atoms with E-state index in [1.165, 1.54) is 0 Å². The van der Waals surface area contributed by atoms with Gasteiger partial charge in [0.2, 0.25) is 0 Å². The third kappa shape index (κ3) is 1.19. The Morgan fingerprint density at radius 1 is 1.70 bits per heavy atom. The fourth-order valence-corrected chi connectivity index (χ4v) is 0.666. The fourth-order valence-electron chi connectivity index (χ4n) is 0.666. The minimum Gasteiger partial charge on any atom is -0.364 e. The highest BCUT2D eigenvalue weighted by Gasteiger charge is 2.20. The zero-order valence-electron chi connectivity index (χ0n) is 6.29. The molecule has 3 nitrogen and oxygen atoms in total. The highest BCUT2D eigenvalue weighted by molar-refractivity contribution is 5.10. The molecule has 3 heteroatoms. The molecule has 0 radical (unpaired) electrons. The molecule has 0 bridgehead atoms. The largest absolute Gasteiger partial charge is 0.364 e. The van der Waals surface area contributed by atoms with Crippen LogP contribution >= 0.6 is 0 Å². The van der Waals surface area contributed by atoms with E-state index in [0.29, 0.717) is 6.54 Å². The molecule has 0 saturated carbocycles. The molecular weight excluding hydrogens is 128 g/mol. The molecule has 10 heavy (non-hydrogen) atoms. The van der Waals surface area contributed by atoms with Gasteiger partial charge in [-0.1, -0.05) is 19.0 Å². The van der Waals surface area contributed by atoms with Gasteiger partial charge in [0, 0.05) is 18.0 Å². The van der Waals surface area contributed by atoms with Crippen molar-refractivity contribution < 1.29 is 4.52 Å². The van der Waals surface area contributed by atoms with Crippen LogP contribution in [-0.2, 0) is 5.41 Å². The van der Waals surface area contributed by atoms with Crippen LogP contribution in [0.3, 0.4) is 0 Å². The summed E-state index contributed by atoms with van der Waals surface area (Å²) < 4.78 is 4.70. The molecule has 0 saturated heterocycles. The number of nitrogens with zero attached hydrogens (tertiary/aromatic N) is 1. The van der Waals surface area contributed by atoms with Crippen LogP contribution in [0.5, 0.6) is 0 Å². The van der Waals surface area contributed by atoms with Gasteiger partial charge < -0.3 is 10.3 Å². The lowest BCUT2D eigenvalue weighted by atomic mass is 9.90. The summed E-state index contributed by atoms with van der Waals surface area (Å²) in [5, 5.41) is 3.80. The first kappa shape index (κ1) is 7.28. The summed E-state index contributed by atoms with van der Waals surface area (Å²) in [4.78, 5) is 0. The van der Waals surface area contributed by atoms with Gasteiger partial charge in [0.25, 0.3) is 0 Å². The first-order valence-electron chi connectivity index (χ1n) is 3.28. The summed E-state index contributed by atoms with van der Waals surface area (Å²) in [6.07, 6.45) is 1.56. The minimum absolute atomic E-state index is 0.0625. The Balaban J connectivity index is 2.85. The summed E-state index contributed by atoms with van der Waals surface area (Å²) in [7, 11) is 0. The third-order valence-corrected chi connectivity index (χ3v) is 1.64. The van der Waals surface area contributed by atoms with Crippen molar-refractivity contribution in [2.24, 2.45) is 5.73 Å². The van der Waals surface area contributed by atoms with Crippen LogP contribution < -0.4 is 5.73 Å². The Morgan fingerprint density at radius 2 is 2.40 bits per heavy atom. The van der Waals surface area contributed by atoms with E-state index < -0.39 is 0 Å². The standard InChI is InChI=1S/C7H12N2O/c1-7(2,5-8)6-3-4-10-9-6/h3-4H,5,8H2,1-2H3. The Morgan fingerprint density at radius 3 is 2.80 bits per heavy atom. The predicted octanol–water partition coefficient (Wildman–Crippen LogP) is 0.911.